The van der Waals surface area contributed by atoms with Gasteiger partial charge in [-0.05, 0) is 492 Å². The Kier molecular flexibility index (Phi) is 45.1. The van der Waals surface area contributed by atoms with Crippen molar-refractivity contribution in [3.05, 3.63) is 186 Å². The van der Waals surface area contributed by atoms with Crippen LogP contribution >= 0.6 is 346 Å². The average molecular weight is 3000 g/mol. The number of anilines is 2. The Morgan fingerprint density at radius 3 is 0.841 bits per heavy atom. The SMILES string of the molecule is CN(C)c1ccc(S(=O)(=O)C(Br)(Br)Br)cc1.CN(C)c1ccc(S(=O)(=O)C(Br)(Br)Br)cc1.N#Cc1ccc(S(=O)(=O)C(Br)(Br)Br)cc1.N#Cc1cccc(S(=O)(=O)C(Br)(Br)Br)c1.O=S(=O)(c1ccc(Cl)cc1)C(Br)(Br)Br.O=S(=O)(c1ccc(OCCO)cc1)C(Br)(Br)Br.O=S(=O)(c1cccc(O)c1)C(Br)(Br)Br. The van der Waals surface area contributed by atoms with Crippen LogP contribution < -0.4 is 14.5 Å². The summed E-state index contributed by atoms with van der Waals surface area (Å²) in [7, 11) is -17.2. The van der Waals surface area contributed by atoms with Crippen molar-refractivity contribution in [3.63, 3.8) is 0 Å². The lowest BCUT2D eigenvalue weighted by Crippen LogP contribution is -2.18. The second-order valence-corrected chi connectivity index (χ2v) is 93.1. The molecule has 7 aromatic rings. The molecule has 0 unspecified atom stereocenters. The van der Waals surface area contributed by atoms with E-state index in [9.17, 15) is 58.9 Å². The van der Waals surface area contributed by atoms with E-state index in [1.165, 1.54) is 121 Å². The van der Waals surface area contributed by atoms with Gasteiger partial charge in [-0.1, -0.05) is 23.7 Å². The molecule has 592 valence electrons. The predicted octanol–water partition coefficient (Wildman–Crippen LogP) is 22.4. The van der Waals surface area contributed by atoms with Gasteiger partial charge in [0, 0.05) is 44.6 Å². The zero-order chi connectivity index (χ0) is 83.6. The van der Waals surface area contributed by atoms with Gasteiger partial charge in [0.1, 0.15) is 18.1 Å². The van der Waals surface area contributed by atoms with Crippen LogP contribution in [0.5, 0.6) is 11.5 Å². The zero-order valence-electron chi connectivity index (χ0n) is 53.1. The highest BCUT2D eigenvalue weighted by Gasteiger charge is 2.42. The topological polar surface area (TPSA) is 343 Å². The van der Waals surface area contributed by atoms with Crippen LogP contribution in [0.25, 0.3) is 0 Å². The Morgan fingerprint density at radius 1 is 0.346 bits per heavy atom. The van der Waals surface area contributed by atoms with Gasteiger partial charge in [-0.2, -0.15) is 10.5 Å². The summed E-state index contributed by atoms with van der Waals surface area (Å²) in [5.74, 6) is 0.408. The minimum absolute atomic E-state index is 0.0168. The van der Waals surface area contributed by atoms with Crippen LogP contribution in [0.1, 0.15) is 11.1 Å². The minimum Gasteiger partial charge on any atom is -0.508 e. The number of sulfone groups is 7. The van der Waals surface area contributed by atoms with E-state index in [1.807, 2.05) is 50.1 Å². The summed E-state index contributed by atoms with van der Waals surface area (Å²) in [6.07, 6.45) is 0. The molecule has 21 nitrogen and oxygen atoms in total. The van der Waals surface area contributed by atoms with Crippen molar-refractivity contribution < 1.29 is 73.9 Å². The lowest BCUT2D eigenvalue weighted by Gasteiger charge is -2.16. The molecule has 0 fully saturated rings. The number of hydrogen-bond acceptors (Lipinski definition) is 21. The molecule has 7 aromatic carbocycles. The highest BCUT2D eigenvalue weighted by Crippen LogP contribution is 2.49. The highest BCUT2D eigenvalue weighted by atomic mass is 80.0. The molecule has 2 N–H and O–H groups in total. The Hall–Kier alpha value is 2.70. The quantitative estimate of drug-likeness (QED) is 0.107. The van der Waals surface area contributed by atoms with Crippen molar-refractivity contribution in [2.45, 2.75) is 44.6 Å². The molecule has 7 rings (SSSR count). The van der Waals surface area contributed by atoms with E-state index >= 15 is 0 Å². The molecule has 0 radical (unpaired) electrons. The number of aromatic hydroxyl groups is 1. The van der Waals surface area contributed by atoms with Crippen molar-refractivity contribution in [2.24, 2.45) is 0 Å². The number of aliphatic hydroxyl groups is 1. The fourth-order valence-corrected chi connectivity index (χ4v) is 23.7. The third-order valence-corrected chi connectivity index (χ3v) is 49.4. The number of nitriles is 2. The van der Waals surface area contributed by atoms with Crippen LogP contribution in [0.15, 0.2) is 204 Å². The number of phenols is 1. The fourth-order valence-electron chi connectivity index (χ4n) is 6.37. The lowest BCUT2D eigenvalue weighted by molar-refractivity contribution is 0.201. The van der Waals surface area contributed by atoms with E-state index in [0.717, 1.165) is 11.4 Å². The highest BCUT2D eigenvalue weighted by molar-refractivity contribution is 9.45. The maximum absolute atomic E-state index is 12.0. The molecule has 0 aliphatic carbocycles. The minimum atomic E-state index is -3.61. The van der Waals surface area contributed by atoms with E-state index in [-0.39, 0.29) is 53.2 Å². The van der Waals surface area contributed by atoms with Crippen molar-refractivity contribution in [1.29, 1.82) is 10.5 Å². The van der Waals surface area contributed by atoms with Gasteiger partial charge in [-0.15, -0.1) is 0 Å². The summed E-state index contributed by atoms with van der Waals surface area (Å²) in [5.41, 5.74) is 2.61. The van der Waals surface area contributed by atoms with Gasteiger partial charge >= 0.3 is 0 Å². The van der Waals surface area contributed by atoms with Gasteiger partial charge in [0.25, 0.3) is 0 Å². The van der Waals surface area contributed by atoms with Crippen molar-refractivity contribution in [3.8, 4) is 23.6 Å². The lowest BCUT2D eigenvalue weighted by atomic mass is 10.2. The number of aliphatic hydroxyl groups excluding tert-OH is 1. The molecule has 0 heterocycles. The average Bonchev–Trinajstić information content (AvgIpc) is 0.838. The molecule has 0 saturated heterocycles. The second kappa shape index (κ2) is 44.8. The molecule has 0 aromatic heterocycles. The number of benzene rings is 7. The first-order valence-corrected chi connectivity index (χ1v) is 54.2. The molecule has 107 heavy (non-hydrogen) atoms. The van der Waals surface area contributed by atoms with Crippen molar-refractivity contribution >= 4 is 426 Å². The molecular formula is C57H46Br21ClN4O17S7. The molecule has 0 spiro atoms. The molecule has 0 atom stereocenters. The fraction of sp³-hybridized carbons (Fsp3) is 0.228. The molecular weight excluding hydrogens is 2950 g/mol. The summed E-state index contributed by atoms with van der Waals surface area (Å²) in [6.45, 7) is 0.0821. The van der Waals surface area contributed by atoms with Crippen LogP contribution in [0.4, 0.5) is 11.4 Å². The number of hydrogen-bond donors (Lipinski definition) is 2. The van der Waals surface area contributed by atoms with E-state index in [2.05, 4.69) is 335 Å². The molecule has 0 aliphatic heterocycles. The van der Waals surface area contributed by atoms with Crippen LogP contribution in [0.2, 0.25) is 5.02 Å². The van der Waals surface area contributed by atoms with Crippen LogP contribution in [-0.4, -0.2) is 121 Å². The largest absolute Gasteiger partial charge is 0.508 e. The second-order valence-electron chi connectivity index (χ2n) is 19.7. The van der Waals surface area contributed by atoms with Crippen LogP contribution in [-0.2, 0) is 68.9 Å². The summed E-state index contributed by atoms with van der Waals surface area (Å²) in [6, 6.07) is 45.8. The van der Waals surface area contributed by atoms with E-state index in [0.29, 0.717) is 21.9 Å². The van der Waals surface area contributed by atoms with Gasteiger partial charge in [0.05, 0.1) is 64.1 Å². The van der Waals surface area contributed by atoms with E-state index in [1.54, 1.807) is 48.5 Å². The van der Waals surface area contributed by atoms with Gasteiger partial charge < -0.3 is 24.7 Å². The van der Waals surface area contributed by atoms with Crippen molar-refractivity contribution in [1.82, 2.24) is 0 Å². The van der Waals surface area contributed by atoms with Gasteiger partial charge in [0.15, 0.2) is 0 Å². The third-order valence-electron chi connectivity index (χ3n) is 11.8. The molecule has 0 saturated carbocycles. The Labute approximate surface area is 802 Å². The standard InChI is InChI=1S/2C9H10Br3NO2S.C9H9Br3O4S.2C8H4Br3NO2S.C7H4Br3ClO2S.C7H5Br3O3S/c2*1-13(2)7-3-5-8(6-4-7)16(14,15)9(10,11)12;10-9(11,12)17(14,15)8-3-1-7(2-4-8)16-6-5-13;9-8(10,11)15(13,14)7-3-1-6(5-12)2-4-7;9-8(10,11)15(13,14)7-3-1-2-6(4-7)5-12;8-7(9,10)14(12,13)6-3-1-5(11)2-4-6;8-7(9,10)14(12,13)6-3-1-2-5(11)4-6/h2*3-6H,1-2H3;1-4,13H,5-6H2;2*1-4H;1-4H;1-4,11H. The Bertz CT molecular complexity index is 4970. The number of ether oxygens (including phenoxy) is 1. The molecule has 0 amide bonds. The number of phenolic OH excluding ortho intramolecular Hbond substituents is 1. The number of rotatable bonds is 12. The van der Waals surface area contributed by atoms with Gasteiger partial charge in [-0.25, -0.2) is 58.9 Å². The first-order valence-electron chi connectivity index (χ1n) is 26.8. The zero-order valence-corrected chi connectivity index (χ0v) is 92.8. The van der Waals surface area contributed by atoms with E-state index < -0.39 is 79.2 Å². The monoisotopic (exact) mass is 2970 g/mol. The smallest absolute Gasteiger partial charge is 0.239 e. The molecule has 0 bridgehead atoms. The summed E-state index contributed by atoms with van der Waals surface area (Å²) in [5, 5.41) is 35.4. The summed E-state index contributed by atoms with van der Waals surface area (Å²) < 4.78 is 162. The normalized spacial score (nSPS) is 12.5. The maximum Gasteiger partial charge on any atom is 0.239 e. The number of halogens is 22. The summed E-state index contributed by atoms with van der Waals surface area (Å²) in [4.78, 5) is 4.79. The Morgan fingerprint density at radius 2 is 0.589 bits per heavy atom. The molecule has 50 heteroatoms. The van der Waals surface area contributed by atoms with Gasteiger partial charge in [0.2, 0.25) is 79.2 Å². The Balaban J connectivity index is 0.000000625. The predicted molar refractivity (Wildman–Crippen MR) is 499 cm³/mol. The van der Waals surface area contributed by atoms with E-state index in [4.69, 9.17) is 37.1 Å². The van der Waals surface area contributed by atoms with Gasteiger partial charge in [-0.3, -0.25) is 0 Å². The maximum atomic E-state index is 12.0. The first-order chi connectivity index (χ1) is 48.2. The third kappa shape index (κ3) is 33.0. The van der Waals surface area contributed by atoms with Crippen LogP contribution in [0, 0.1) is 22.7 Å². The first kappa shape index (κ1) is 108. The molecule has 0 aliphatic rings. The van der Waals surface area contributed by atoms with Crippen LogP contribution in [0.3, 0.4) is 0 Å². The number of alkyl halides is 21. The number of nitrogens with zero attached hydrogens (tertiary/aromatic N) is 4. The van der Waals surface area contributed by atoms with Crippen molar-refractivity contribution in [2.75, 3.05) is 51.2 Å². The summed E-state index contributed by atoms with van der Waals surface area (Å²) >= 11 is 68.1.